The summed E-state index contributed by atoms with van der Waals surface area (Å²) < 4.78 is 19.0. The molecule has 0 saturated carbocycles. The smallest absolute Gasteiger partial charge is 0.388 e. The van der Waals surface area contributed by atoms with Gasteiger partial charge < -0.3 is 29.8 Å². The maximum atomic E-state index is 10.4. The van der Waals surface area contributed by atoms with Crippen LogP contribution in [0.25, 0.3) is 0 Å². The fourth-order valence-corrected chi connectivity index (χ4v) is 1.46. The summed E-state index contributed by atoms with van der Waals surface area (Å²) >= 11 is 0. The zero-order valence-corrected chi connectivity index (χ0v) is 7.82. The molecule has 0 radical (unpaired) electrons. The summed E-state index contributed by atoms with van der Waals surface area (Å²) in [5, 5.41) is 27.2. The monoisotopic (exact) mass is 230 g/mol. The molecule has 1 aliphatic rings. The molecule has 0 spiro atoms. The van der Waals surface area contributed by atoms with E-state index in [4.69, 9.17) is 25.1 Å². The highest BCUT2D eigenvalue weighted by atomic mass is 31.2. The summed E-state index contributed by atoms with van der Waals surface area (Å²) in [6.07, 6.45) is -6.21. The molecule has 84 valence electrons. The van der Waals surface area contributed by atoms with Gasteiger partial charge in [0, 0.05) is 0 Å². The molecular weight excluding hydrogens is 219 g/mol. The number of hydrogen-bond acceptors (Lipinski definition) is 6. The van der Waals surface area contributed by atoms with E-state index in [2.05, 4.69) is 9.26 Å². The SMILES string of the molecule is O=P(O)(O)O[C@H]1OC[C@@H](O)[C@H](O)[C@H]1O. The Bertz CT molecular complexity index is 238. The summed E-state index contributed by atoms with van der Waals surface area (Å²) in [5.41, 5.74) is 0. The van der Waals surface area contributed by atoms with Crippen molar-refractivity contribution in [3.05, 3.63) is 0 Å². The van der Waals surface area contributed by atoms with E-state index < -0.39 is 32.4 Å². The van der Waals surface area contributed by atoms with Gasteiger partial charge in [-0.25, -0.2) is 4.57 Å². The van der Waals surface area contributed by atoms with Crippen LogP contribution >= 0.6 is 7.82 Å². The van der Waals surface area contributed by atoms with Crippen LogP contribution in [0.3, 0.4) is 0 Å². The molecule has 1 rings (SSSR count). The van der Waals surface area contributed by atoms with Gasteiger partial charge in [-0.1, -0.05) is 0 Å². The Kier molecular flexibility index (Phi) is 3.62. The molecule has 9 heteroatoms. The molecule has 1 heterocycles. The molecule has 5 N–H and O–H groups in total. The molecule has 1 aliphatic heterocycles. The summed E-state index contributed by atoms with van der Waals surface area (Å²) in [4.78, 5) is 16.8. The zero-order chi connectivity index (χ0) is 10.9. The van der Waals surface area contributed by atoms with Crippen LogP contribution in [0.1, 0.15) is 0 Å². The second-order valence-corrected chi connectivity index (χ2v) is 4.04. The predicted molar refractivity (Wildman–Crippen MR) is 40.9 cm³/mol. The number of ether oxygens (including phenoxy) is 1. The second-order valence-electron chi connectivity index (χ2n) is 2.85. The van der Waals surface area contributed by atoms with Crippen molar-refractivity contribution >= 4 is 7.82 Å². The van der Waals surface area contributed by atoms with Crippen molar-refractivity contribution in [2.24, 2.45) is 0 Å². The minimum atomic E-state index is -4.80. The first kappa shape index (κ1) is 12.0. The molecular formula is C5H11O8P. The summed E-state index contributed by atoms with van der Waals surface area (Å²) in [5.74, 6) is 0. The topological polar surface area (TPSA) is 137 Å². The molecule has 0 unspecified atom stereocenters. The van der Waals surface area contributed by atoms with Gasteiger partial charge in [0.15, 0.2) is 6.29 Å². The van der Waals surface area contributed by atoms with Crippen LogP contribution in [-0.2, 0) is 13.8 Å². The molecule has 0 aromatic carbocycles. The van der Waals surface area contributed by atoms with Crippen molar-refractivity contribution in [2.45, 2.75) is 24.6 Å². The minimum absolute atomic E-state index is 0.372. The number of rotatable bonds is 2. The summed E-state index contributed by atoms with van der Waals surface area (Å²) in [6.45, 7) is -0.372. The van der Waals surface area contributed by atoms with Crippen LogP contribution in [0.15, 0.2) is 0 Å². The Hall–Kier alpha value is -0.0500. The lowest BCUT2D eigenvalue weighted by Gasteiger charge is -2.34. The van der Waals surface area contributed by atoms with Crippen LogP contribution in [0.5, 0.6) is 0 Å². The fraction of sp³-hybridized carbons (Fsp3) is 1.00. The third kappa shape index (κ3) is 2.97. The van der Waals surface area contributed by atoms with Crippen molar-refractivity contribution in [1.82, 2.24) is 0 Å². The van der Waals surface area contributed by atoms with Gasteiger partial charge in [-0.05, 0) is 0 Å². The highest BCUT2D eigenvalue weighted by Crippen LogP contribution is 2.39. The first-order valence-electron chi connectivity index (χ1n) is 3.71. The molecule has 0 aromatic heterocycles. The van der Waals surface area contributed by atoms with Crippen molar-refractivity contribution in [1.29, 1.82) is 0 Å². The van der Waals surface area contributed by atoms with E-state index in [0.29, 0.717) is 0 Å². The normalized spacial score (nSPS) is 39.8. The Morgan fingerprint density at radius 3 is 2.29 bits per heavy atom. The number of phosphoric acid groups is 1. The van der Waals surface area contributed by atoms with Crippen molar-refractivity contribution < 1.29 is 38.9 Å². The molecule has 4 atom stereocenters. The van der Waals surface area contributed by atoms with Gasteiger partial charge in [0.1, 0.15) is 18.3 Å². The minimum Gasteiger partial charge on any atom is -0.388 e. The Morgan fingerprint density at radius 1 is 1.21 bits per heavy atom. The molecule has 0 aliphatic carbocycles. The largest absolute Gasteiger partial charge is 0.472 e. The van der Waals surface area contributed by atoms with Crippen LogP contribution < -0.4 is 0 Å². The van der Waals surface area contributed by atoms with E-state index in [9.17, 15) is 4.57 Å². The van der Waals surface area contributed by atoms with E-state index in [-0.39, 0.29) is 6.61 Å². The second kappa shape index (κ2) is 4.21. The maximum absolute atomic E-state index is 10.4. The average molecular weight is 230 g/mol. The Labute approximate surface area is 78.9 Å². The number of aliphatic hydroxyl groups excluding tert-OH is 3. The lowest BCUT2D eigenvalue weighted by Crippen LogP contribution is -2.53. The van der Waals surface area contributed by atoms with Gasteiger partial charge in [-0.2, -0.15) is 0 Å². The highest BCUT2D eigenvalue weighted by Gasteiger charge is 2.41. The molecule has 14 heavy (non-hydrogen) atoms. The molecule has 1 fully saturated rings. The van der Waals surface area contributed by atoms with Gasteiger partial charge in [0.2, 0.25) is 0 Å². The predicted octanol–water partition coefficient (Wildman–Crippen LogP) is -2.47. The average Bonchev–Trinajstić information content (AvgIpc) is 2.04. The van der Waals surface area contributed by atoms with E-state index >= 15 is 0 Å². The van der Waals surface area contributed by atoms with Crippen LogP contribution in [-0.4, -0.2) is 56.3 Å². The Morgan fingerprint density at radius 2 is 1.79 bits per heavy atom. The quantitative estimate of drug-likeness (QED) is 0.329. The van der Waals surface area contributed by atoms with Crippen molar-refractivity contribution in [3.8, 4) is 0 Å². The molecule has 0 aromatic rings. The van der Waals surface area contributed by atoms with Crippen LogP contribution in [0.4, 0.5) is 0 Å². The van der Waals surface area contributed by atoms with Crippen LogP contribution in [0, 0.1) is 0 Å². The number of aliphatic hydroxyl groups is 3. The lowest BCUT2D eigenvalue weighted by atomic mass is 10.1. The third-order valence-electron chi connectivity index (χ3n) is 1.70. The first-order valence-corrected chi connectivity index (χ1v) is 5.24. The van der Waals surface area contributed by atoms with Crippen LogP contribution in [0.2, 0.25) is 0 Å². The fourth-order valence-electron chi connectivity index (χ4n) is 1.01. The van der Waals surface area contributed by atoms with Crippen molar-refractivity contribution in [2.75, 3.05) is 6.61 Å². The van der Waals surface area contributed by atoms with E-state index in [1.807, 2.05) is 0 Å². The first-order chi connectivity index (χ1) is 6.31. The maximum Gasteiger partial charge on any atom is 0.472 e. The third-order valence-corrected chi connectivity index (χ3v) is 2.18. The van der Waals surface area contributed by atoms with Gasteiger partial charge in [-0.15, -0.1) is 0 Å². The lowest BCUT2D eigenvalue weighted by molar-refractivity contribution is -0.245. The Balaban J connectivity index is 2.60. The van der Waals surface area contributed by atoms with Gasteiger partial charge in [0.05, 0.1) is 6.61 Å². The molecule has 0 bridgehead atoms. The number of hydrogen-bond donors (Lipinski definition) is 5. The van der Waals surface area contributed by atoms with E-state index in [0.717, 1.165) is 0 Å². The zero-order valence-electron chi connectivity index (χ0n) is 6.92. The van der Waals surface area contributed by atoms with Gasteiger partial charge in [-0.3, -0.25) is 4.52 Å². The highest BCUT2D eigenvalue weighted by molar-refractivity contribution is 7.46. The molecule has 1 saturated heterocycles. The van der Waals surface area contributed by atoms with E-state index in [1.165, 1.54) is 0 Å². The summed E-state index contributed by atoms with van der Waals surface area (Å²) in [6, 6.07) is 0. The standard InChI is InChI=1S/C5H11O8P/c6-2-1-12-5(4(8)3(2)7)13-14(9,10)11/h2-8H,1H2,(H2,9,10,11)/t2-,3+,4-,5-/m1/s1. The van der Waals surface area contributed by atoms with Crippen molar-refractivity contribution in [3.63, 3.8) is 0 Å². The molecule has 0 amide bonds. The summed E-state index contributed by atoms with van der Waals surface area (Å²) in [7, 11) is -4.80. The van der Waals surface area contributed by atoms with Gasteiger partial charge >= 0.3 is 7.82 Å². The van der Waals surface area contributed by atoms with E-state index in [1.54, 1.807) is 0 Å². The molecule has 8 nitrogen and oxygen atoms in total. The van der Waals surface area contributed by atoms with Gasteiger partial charge in [0.25, 0.3) is 0 Å². The number of phosphoric ester groups is 1.